The van der Waals surface area contributed by atoms with Crippen LogP contribution in [0.3, 0.4) is 0 Å². The first-order valence-electron chi connectivity index (χ1n) is 8.04. The number of nitrogen functional groups attached to an aromatic ring is 1. The number of aromatic amines is 1. The molecular formula is C15H16F3N7O2. The maximum atomic E-state index is 12.8. The minimum atomic E-state index is -4.24. The number of hydrogen-bond acceptors (Lipinski definition) is 7. The highest BCUT2D eigenvalue weighted by Gasteiger charge is 2.41. The Hall–Kier alpha value is -3.18. The third-order valence-corrected chi connectivity index (χ3v) is 4.27. The molecule has 3 heterocycles. The molecule has 0 aliphatic carbocycles. The Morgan fingerprint density at radius 2 is 1.89 bits per heavy atom. The van der Waals surface area contributed by atoms with Gasteiger partial charge in [-0.05, 0) is 12.8 Å². The third-order valence-electron chi connectivity index (χ3n) is 4.27. The van der Waals surface area contributed by atoms with Gasteiger partial charge >= 0.3 is 11.9 Å². The van der Waals surface area contributed by atoms with Gasteiger partial charge in [0.15, 0.2) is 11.5 Å². The van der Waals surface area contributed by atoms with Gasteiger partial charge in [0.1, 0.15) is 5.82 Å². The predicted molar refractivity (Wildman–Crippen MR) is 90.2 cm³/mol. The van der Waals surface area contributed by atoms with Crippen molar-refractivity contribution in [1.29, 1.82) is 0 Å². The summed E-state index contributed by atoms with van der Waals surface area (Å²) < 4.78 is 38.5. The van der Waals surface area contributed by atoms with E-state index in [1.807, 2.05) is 0 Å². The summed E-state index contributed by atoms with van der Waals surface area (Å²) >= 11 is 0. The van der Waals surface area contributed by atoms with E-state index in [-0.39, 0.29) is 43.3 Å². The van der Waals surface area contributed by atoms with Crippen molar-refractivity contribution in [2.45, 2.75) is 19.0 Å². The number of halogens is 3. The van der Waals surface area contributed by atoms with Crippen molar-refractivity contribution in [3.05, 3.63) is 34.8 Å². The summed E-state index contributed by atoms with van der Waals surface area (Å²) in [5, 5.41) is 2.47. The molecule has 0 atom stereocenters. The first kappa shape index (κ1) is 18.6. The zero-order valence-corrected chi connectivity index (χ0v) is 14.0. The van der Waals surface area contributed by atoms with Crippen LogP contribution >= 0.6 is 0 Å². The van der Waals surface area contributed by atoms with Crippen LogP contribution in [0.1, 0.15) is 23.3 Å². The lowest BCUT2D eigenvalue weighted by atomic mass is 9.96. The molecule has 0 saturated carbocycles. The average Bonchev–Trinajstić information content (AvgIpc) is 2.61. The second-order valence-corrected chi connectivity index (χ2v) is 6.00. The summed E-state index contributed by atoms with van der Waals surface area (Å²) in [6, 6.07) is 0. The molecule has 12 heteroatoms. The molecule has 0 aromatic carbocycles. The number of carbonyl (C=O) groups is 1. The van der Waals surface area contributed by atoms with Crippen molar-refractivity contribution in [2.75, 3.05) is 29.0 Å². The lowest BCUT2D eigenvalue weighted by Crippen LogP contribution is -2.40. The molecule has 1 aliphatic rings. The van der Waals surface area contributed by atoms with Crippen LogP contribution in [0.15, 0.2) is 23.4 Å². The van der Waals surface area contributed by atoms with E-state index in [4.69, 9.17) is 5.73 Å². The highest BCUT2D eigenvalue weighted by molar-refractivity contribution is 6.06. The number of rotatable bonds is 3. The van der Waals surface area contributed by atoms with E-state index in [2.05, 4.69) is 25.3 Å². The van der Waals surface area contributed by atoms with Gasteiger partial charge in [0.2, 0.25) is 0 Å². The van der Waals surface area contributed by atoms with Gasteiger partial charge < -0.3 is 16.0 Å². The zero-order chi connectivity index (χ0) is 19.6. The first-order valence-corrected chi connectivity index (χ1v) is 8.04. The third kappa shape index (κ3) is 4.15. The molecule has 2 aromatic rings. The van der Waals surface area contributed by atoms with Crippen LogP contribution < -0.4 is 21.6 Å². The summed E-state index contributed by atoms with van der Waals surface area (Å²) in [7, 11) is 0. The van der Waals surface area contributed by atoms with E-state index in [1.165, 1.54) is 18.6 Å². The van der Waals surface area contributed by atoms with Gasteiger partial charge in [0, 0.05) is 25.5 Å². The smallest absolute Gasteiger partial charge is 0.382 e. The molecule has 0 unspecified atom stereocenters. The molecule has 4 N–H and O–H groups in total. The lowest BCUT2D eigenvalue weighted by molar-refractivity contribution is -0.179. The molecule has 144 valence electrons. The number of amides is 1. The van der Waals surface area contributed by atoms with E-state index >= 15 is 0 Å². The largest absolute Gasteiger partial charge is 0.391 e. The Balaban J connectivity index is 1.81. The Morgan fingerprint density at radius 3 is 2.52 bits per heavy atom. The van der Waals surface area contributed by atoms with E-state index < -0.39 is 23.7 Å². The lowest BCUT2D eigenvalue weighted by Gasteiger charge is -2.34. The summed E-state index contributed by atoms with van der Waals surface area (Å²) in [6.45, 7) is 0.210. The molecule has 0 radical (unpaired) electrons. The molecule has 27 heavy (non-hydrogen) atoms. The van der Waals surface area contributed by atoms with E-state index in [1.54, 1.807) is 4.90 Å². The predicted octanol–water partition coefficient (Wildman–Crippen LogP) is 1.17. The standard InChI is InChI=1S/C15H16F3N7O2/c16-15(17,18)8-1-5-25(6-2-8)9-7-22-14(27)24-12(9)23-13(26)10-11(19)21-4-3-20-10/h3-4,7-8H,1-2,5-6H2,(H2,19,21)(H2,22,23,24,26,27). The van der Waals surface area contributed by atoms with Gasteiger partial charge in [0.05, 0.1) is 17.8 Å². The highest BCUT2D eigenvalue weighted by atomic mass is 19.4. The van der Waals surface area contributed by atoms with Crippen LogP contribution in [-0.4, -0.2) is 45.1 Å². The average molecular weight is 383 g/mol. The molecule has 0 bridgehead atoms. The molecule has 1 saturated heterocycles. The van der Waals surface area contributed by atoms with Crippen molar-refractivity contribution < 1.29 is 18.0 Å². The number of nitrogens with one attached hydrogen (secondary N) is 2. The van der Waals surface area contributed by atoms with Crippen LogP contribution in [0.25, 0.3) is 0 Å². The number of alkyl halides is 3. The molecule has 1 aliphatic heterocycles. The van der Waals surface area contributed by atoms with Crippen molar-refractivity contribution in [3.8, 4) is 0 Å². The number of piperidine rings is 1. The van der Waals surface area contributed by atoms with Gasteiger partial charge in [-0.1, -0.05) is 0 Å². The summed E-state index contributed by atoms with van der Waals surface area (Å²) in [6.07, 6.45) is -0.613. The van der Waals surface area contributed by atoms with Crippen molar-refractivity contribution in [1.82, 2.24) is 19.9 Å². The number of H-pyrrole nitrogens is 1. The molecule has 1 fully saturated rings. The van der Waals surface area contributed by atoms with Gasteiger partial charge in [-0.3, -0.25) is 9.78 Å². The SMILES string of the molecule is Nc1nccnc1C(=O)Nc1[nH]c(=O)ncc1N1CCC(C(F)(F)F)CC1. The highest BCUT2D eigenvalue weighted by Crippen LogP contribution is 2.36. The monoisotopic (exact) mass is 383 g/mol. The quantitative estimate of drug-likeness (QED) is 0.725. The maximum Gasteiger partial charge on any atom is 0.391 e. The summed E-state index contributed by atoms with van der Waals surface area (Å²) in [5.74, 6) is -2.18. The zero-order valence-electron chi connectivity index (χ0n) is 14.0. The second-order valence-electron chi connectivity index (χ2n) is 6.00. The van der Waals surface area contributed by atoms with Crippen molar-refractivity contribution in [3.63, 3.8) is 0 Å². The molecule has 1 amide bonds. The van der Waals surface area contributed by atoms with Gasteiger partial charge in [-0.25, -0.2) is 14.8 Å². The van der Waals surface area contributed by atoms with E-state index in [0.29, 0.717) is 5.69 Å². The maximum absolute atomic E-state index is 12.8. The molecule has 2 aromatic heterocycles. The fraction of sp³-hybridized carbons (Fsp3) is 0.400. The van der Waals surface area contributed by atoms with Crippen molar-refractivity contribution >= 4 is 23.2 Å². The van der Waals surface area contributed by atoms with Crippen LogP contribution in [0.5, 0.6) is 0 Å². The Bertz CT molecular complexity index is 891. The minimum Gasteiger partial charge on any atom is -0.382 e. The van der Waals surface area contributed by atoms with Crippen LogP contribution in [-0.2, 0) is 0 Å². The topological polar surface area (TPSA) is 130 Å². The number of nitrogens with zero attached hydrogens (tertiary/aromatic N) is 4. The van der Waals surface area contributed by atoms with E-state index in [9.17, 15) is 22.8 Å². The molecule has 9 nitrogen and oxygen atoms in total. The Labute approximate surface area is 150 Å². The van der Waals surface area contributed by atoms with E-state index in [0.717, 1.165) is 0 Å². The van der Waals surface area contributed by atoms with Crippen LogP contribution in [0, 0.1) is 5.92 Å². The van der Waals surface area contributed by atoms with Crippen LogP contribution in [0.2, 0.25) is 0 Å². The Morgan fingerprint density at radius 1 is 1.22 bits per heavy atom. The molecule has 3 rings (SSSR count). The Kier molecular flexibility index (Phi) is 4.97. The van der Waals surface area contributed by atoms with Crippen molar-refractivity contribution in [2.24, 2.45) is 5.92 Å². The van der Waals surface area contributed by atoms with Gasteiger partial charge in [-0.15, -0.1) is 0 Å². The number of aromatic nitrogens is 4. The fourth-order valence-electron chi connectivity index (χ4n) is 2.87. The number of carbonyl (C=O) groups excluding carboxylic acids is 1. The first-order chi connectivity index (χ1) is 12.8. The minimum absolute atomic E-state index is 0.00973. The second kappa shape index (κ2) is 7.21. The number of hydrogen-bond donors (Lipinski definition) is 3. The number of nitrogens with two attached hydrogens (primary N) is 1. The van der Waals surface area contributed by atoms with Gasteiger partial charge in [0.25, 0.3) is 5.91 Å². The van der Waals surface area contributed by atoms with Crippen LogP contribution in [0.4, 0.5) is 30.5 Å². The summed E-state index contributed by atoms with van der Waals surface area (Å²) in [4.78, 5) is 39.1. The van der Waals surface area contributed by atoms with Gasteiger partial charge in [-0.2, -0.15) is 18.2 Å². The molecule has 0 spiro atoms. The summed E-state index contributed by atoms with van der Waals surface area (Å²) in [5.41, 5.74) is 5.06. The molecular weight excluding hydrogens is 367 g/mol. The number of anilines is 3. The fourth-order valence-corrected chi connectivity index (χ4v) is 2.87. The normalized spacial score (nSPS) is 15.6.